The Morgan fingerprint density at radius 1 is 1.35 bits per heavy atom. The number of carbonyl (C=O) groups excluding carboxylic acids is 1. The van der Waals surface area contributed by atoms with Crippen molar-refractivity contribution in [2.24, 2.45) is 5.41 Å². The minimum absolute atomic E-state index is 0.0754. The smallest absolute Gasteiger partial charge is 0.314 e. The van der Waals surface area contributed by atoms with Crippen molar-refractivity contribution in [3.05, 3.63) is 24.0 Å². The van der Waals surface area contributed by atoms with Gasteiger partial charge in [-0.2, -0.15) is 0 Å². The fourth-order valence-electron chi connectivity index (χ4n) is 3.67. The molecule has 2 aliphatic rings. The molecule has 0 spiro atoms. The molecule has 23 heavy (non-hydrogen) atoms. The lowest BCUT2D eigenvalue weighted by Crippen LogP contribution is -2.57. The van der Waals surface area contributed by atoms with Crippen LogP contribution < -0.4 is 0 Å². The van der Waals surface area contributed by atoms with Gasteiger partial charge >= 0.3 is 5.97 Å². The van der Waals surface area contributed by atoms with Crippen molar-refractivity contribution >= 4 is 11.9 Å². The third-order valence-electron chi connectivity index (χ3n) is 5.13. The van der Waals surface area contributed by atoms with E-state index in [0.717, 1.165) is 12.8 Å². The number of nitrogens with zero attached hydrogens (tertiary/aromatic N) is 2. The van der Waals surface area contributed by atoms with Crippen LogP contribution in [0, 0.1) is 5.41 Å². The highest BCUT2D eigenvalue weighted by Crippen LogP contribution is 2.38. The number of likely N-dealkylation sites (tertiary alicyclic amines) is 1. The van der Waals surface area contributed by atoms with E-state index in [1.165, 1.54) is 0 Å². The molecule has 0 unspecified atom stereocenters. The summed E-state index contributed by atoms with van der Waals surface area (Å²) in [7, 11) is 0. The maximum atomic E-state index is 12.9. The first-order valence-electron chi connectivity index (χ1n) is 8.37. The SMILES string of the molecule is CCC[C@@]1(C(=O)O)CN(C(=O)c2cccn2C2CC2)CC[C@H]1O. The van der Waals surface area contributed by atoms with Gasteiger partial charge in [-0.25, -0.2) is 0 Å². The number of rotatable bonds is 5. The van der Waals surface area contributed by atoms with Crippen molar-refractivity contribution in [2.75, 3.05) is 13.1 Å². The maximum Gasteiger partial charge on any atom is 0.314 e. The van der Waals surface area contributed by atoms with Gasteiger partial charge in [0, 0.05) is 25.3 Å². The third-order valence-corrected chi connectivity index (χ3v) is 5.13. The molecule has 2 N–H and O–H groups in total. The van der Waals surface area contributed by atoms with Crippen LogP contribution in [0.4, 0.5) is 0 Å². The van der Waals surface area contributed by atoms with Crippen LogP contribution in [0.15, 0.2) is 18.3 Å². The number of hydrogen-bond acceptors (Lipinski definition) is 3. The number of aliphatic carboxylic acids is 1. The van der Waals surface area contributed by atoms with Crippen molar-refractivity contribution in [1.82, 2.24) is 9.47 Å². The Kier molecular flexibility index (Phi) is 4.19. The Morgan fingerprint density at radius 3 is 2.70 bits per heavy atom. The summed E-state index contributed by atoms with van der Waals surface area (Å²) in [6, 6.07) is 4.06. The first-order valence-corrected chi connectivity index (χ1v) is 8.37. The lowest BCUT2D eigenvalue weighted by Gasteiger charge is -2.43. The van der Waals surface area contributed by atoms with Gasteiger partial charge in [0.2, 0.25) is 0 Å². The number of carboxylic acids is 1. The van der Waals surface area contributed by atoms with Crippen LogP contribution in [0.5, 0.6) is 0 Å². The molecule has 2 fully saturated rings. The van der Waals surface area contributed by atoms with E-state index in [1.807, 2.05) is 23.8 Å². The summed E-state index contributed by atoms with van der Waals surface area (Å²) in [6.45, 7) is 2.37. The van der Waals surface area contributed by atoms with Crippen molar-refractivity contribution in [3.8, 4) is 0 Å². The quantitative estimate of drug-likeness (QED) is 0.868. The van der Waals surface area contributed by atoms with E-state index >= 15 is 0 Å². The number of piperidine rings is 1. The van der Waals surface area contributed by atoms with Crippen LogP contribution in [0.2, 0.25) is 0 Å². The van der Waals surface area contributed by atoms with Crippen molar-refractivity contribution < 1.29 is 19.8 Å². The molecule has 126 valence electrons. The fourth-order valence-corrected chi connectivity index (χ4v) is 3.67. The average Bonchev–Trinajstić information content (AvgIpc) is 3.26. The zero-order valence-corrected chi connectivity index (χ0v) is 13.4. The molecule has 1 aliphatic carbocycles. The van der Waals surface area contributed by atoms with Crippen molar-refractivity contribution in [3.63, 3.8) is 0 Å². The van der Waals surface area contributed by atoms with Crippen LogP contribution in [-0.4, -0.2) is 50.8 Å². The molecular weight excluding hydrogens is 296 g/mol. The van der Waals surface area contributed by atoms with E-state index in [0.29, 0.717) is 37.5 Å². The van der Waals surface area contributed by atoms with E-state index in [1.54, 1.807) is 11.0 Å². The van der Waals surface area contributed by atoms with Gasteiger partial charge in [-0.3, -0.25) is 9.59 Å². The predicted molar refractivity (Wildman–Crippen MR) is 84.2 cm³/mol. The van der Waals surface area contributed by atoms with Gasteiger partial charge in [0.05, 0.1) is 6.10 Å². The van der Waals surface area contributed by atoms with E-state index in [-0.39, 0.29) is 12.5 Å². The monoisotopic (exact) mass is 320 g/mol. The summed E-state index contributed by atoms with van der Waals surface area (Å²) in [5.41, 5.74) is -0.626. The molecule has 6 heteroatoms. The van der Waals surface area contributed by atoms with Crippen molar-refractivity contribution in [2.45, 2.75) is 51.2 Å². The number of amides is 1. The van der Waals surface area contributed by atoms with E-state index in [9.17, 15) is 19.8 Å². The average molecular weight is 320 g/mol. The number of aliphatic hydroxyl groups excluding tert-OH is 1. The van der Waals surface area contributed by atoms with Gasteiger partial charge in [-0.1, -0.05) is 13.3 Å². The first-order chi connectivity index (χ1) is 11.0. The van der Waals surface area contributed by atoms with Crippen LogP contribution in [-0.2, 0) is 4.79 Å². The zero-order valence-electron chi connectivity index (χ0n) is 13.4. The largest absolute Gasteiger partial charge is 0.481 e. The third kappa shape index (κ3) is 2.76. The molecule has 1 amide bonds. The van der Waals surface area contributed by atoms with E-state index in [4.69, 9.17) is 0 Å². The molecule has 2 atom stereocenters. The van der Waals surface area contributed by atoms with Gasteiger partial charge in [0.25, 0.3) is 5.91 Å². The van der Waals surface area contributed by atoms with E-state index in [2.05, 4.69) is 0 Å². The summed E-state index contributed by atoms with van der Waals surface area (Å²) < 4.78 is 2.00. The lowest BCUT2D eigenvalue weighted by atomic mass is 9.74. The van der Waals surface area contributed by atoms with Gasteiger partial charge in [0.1, 0.15) is 11.1 Å². The van der Waals surface area contributed by atoms with Crippen LogP contribution in [0.1, 0.15) is 55.6 Å². The van der Waals surface area contributed by atoms with Gasteiger partial charge in [-0.05, 0) is 37.8 Å². The number of aromatic nitrogens is 1. The highest BCUT2D eigenvalue weighted by atomic mass is 16.4. The highest BCUT2D eigenvalue weighted by molar-refractivity contribution is 5.93. The molecule has 2 heterocycles. The standard InChI is InChI=1S/C17H24N2O4/c1-2-8-17(16(22)23)11-18(10-7-14(17)20)15(21)13-4-3-9-19(13)12-5-6-12/h3-4,9,12,14,20H,2,5-8,10-11H2,1H3,(H,22,23)/t14-,17-/m1/s1. The molecule has 6 nitrogen and oxygen atoms in total. The summed E-state index contributed by atoms with van der Waals surface area (Å²) in [5, 5.41) is 19.9. The Labute approximate surface area is 135 Å². The minimum atomic E-state index is -1.25. The number of hydrogen-bond donors (Lipinski definition) is 2. The topological polar surface area (TPSA) is 82.8 Å². The molecule has 1 aromatic rings. The summed E-state index contributed by atoms with van der Waals surface area (Å²) in [5.74, 6) is -1.14. The second kappa shape index (κ2) is 6.00. The number of aliphatic hydroxyl groups is 1. The Morgan fingerprint density at radius 2 is 2.09 bits per heavy atom. The molecule has 1 saturated carbocycles. The first kappa shape index (κ1) is 16.1. The highest BCUT2D eigenvalue weighted by Gasteiger charge is 2.49. The second-order valence-electron chi connectivity index (χ2n) is 6.77. The Bertz CT molecular complexity index is 607. The van der Waals surface area contributed by atoms with Gasteiger partial charge in [-0.15, -0.1) is 0 Å². The minimum Gasteiger partial charge on any atom is -0.481 e. The lowest BCUT2D eigenvalue weighted by molar-refractivity contribution is -0.162. The van der Waals surface area contributed by atoms with Gasteiger partial charge in [0.15, 0.2) is 0 Å². The summed E-state index contributed by atoms with van der Waals surface area (Å²) in [4.78, 5) is 26.3. The molecule has 1 aromatic heterocycles. The predicted octanol–water partition coefficient (Wildman–Crippen LogP) is 1.90. The Hall–Kier alpha value is -1.82. The molecule has 0 aromatic carbocycles. The zero-order chi connectivity index (χ0) is 16.6. The van der Waals surface area contributed by atoms with Crippen LogP contribution in [0.3, 0.4) is 0 Å². The van der Waals surface area contributed by atoms with E-state index < -0.39 is 17.5 Å². The van der Waals surface area contributed by atoms with Crippen LogP contribution in [0.25, 0.3) is 0 Å². The molecule has 1 saturated heterocycles. The maximum absolute atomic E-state index is 12.9. The molecule has 0 bridgehead atoms. The summed E-state index contributed by atoms with van der Waals surface area (Å²) >= 11 is 0. The molecule has 3 rings (SSSR count). The molecular formula is C17H24N2O4. The Balaban J connectivity index is 1.84. The van der Waals surface area contributed by atoms with Gasteiger partial charge < -0.3 is 19.7 Å². The molecule has 1 aliphatic heterocycles. The van der Waals surface area contributed by atoms with Crippen molar-refractivity contribution in [1.29, 1.82) is 0 Å². The fraction of sp³-hybridized carbons (Fsp3) is 0.647. The van der Waals surface area contributed by atoms with Crippen LogP contribution >= 0.6 is 0 Å². The molecule has 0 radical (unpaired) electrons. The summed E-state index contributed by atoms with van der Waals surface area (Å²) in [6.07, 6.45) is 4.52. The normalized spacial score (nSPS) is 27.9. The number of carbonyl (C=O) groups is 2. The second-order valence-corrected chi connectivity index (χ2v) is 6.77. The number of carboxylic acid groups (broad SMARTS) is 1.